The van der Waals surface area contributed by atoms with Crippen molar-refractivity contribution in [3.8, 4) is 0 Å². The molecule has 5 rings (SSSR count). The molecule has 178 valence electrons. The predicted octanol–water partition coefficient (Wildman–Crippen LogP) is 5.28. The number of nitrogens with zero attached hydrogens (tertiary/aromatic N) is 5. The normalized spacial score (nSPS) is 22.5. The number of rotatable bonds is 5. The summed E-state index contributed by atoms with van der Waals surface area (Å²) in [5.41, 5.74) is 4.03. The largest absolute Gasteiger partial charge is 0.387 e. The number of oxime groups is 1. The van der Waals surface area contributed by atoms with Crippen molar-refractivity contribution in [3.05, 3.63) is 69.2 Å². The third-order valence-corrected chi connectivity index (χ3v) is 7.62. The molecule has 0 radical (unpaired) electrons. The zero-order valence-corrected chi connectivity index (χ0v) is 20.4. The van der Waals surface area contributed by atoms with Crippen LogP contribution in [-0.4, -0.2) is 37.8 Å². The van der Waals surface area contributed by atoms with E-state index in [0.29, 0.717) is 24.9 Å². The maximum Gasteiger partial charge on any atom is 0.223 e. The fraction of sp³-hybridized carbons (Fsp3) is 0.440. The molecule has 1 aromatic carbocycles. The van der Waals surface area contributed by atoms with Gasteiger partial charge in [0.1, 0.15) is 17.7 Å². The summed E-state index contributed by atoms with van der Waals surface area (Å²) in [4.78, 5) is 25.1. The fourth-order valence-corrected chi connectivity index (χ4v) is 5.86. The van der Waals surface area contributed by atoms with Crippen LogP contribution in [0.3, 0.4) is 0 Å². The molecule has 1 fully saturated rings. The summed E-state index contributed by atoms with van der Waals surface area (Å²) >= 11 is 1.61. The Bertz CT molecular complexity index is 1240. The minimum atomic E-state index is -0.431. The highest BCUT2D eigenvalue weighted by molar-refractivity contribution is 7.10. The fourth-order valence-electron chi connectivity index (χ4n) is 4.88. The summed E-state index contributed by atoms with van der Waals surface area (Å²) in [7, 11) is 0. The molecule has 2 aliphatic rings. The zero-order valence-electron chi connectivity index (χ0n) is 19.6. The van der Waals surface area contributed by atoms with Crippen molar-refractivity contribution < 1.29 is 14.0 Å². The topological polar surface area (TPSA) is 72.6 Å². The van der Waals surface area contributed by atoms with Gasteiger partial charge in [0.2, 0.25) is 5.91 Å². The molecule has 9 heteroatoms. The van der Waals surface area contributed by atoms with Crippen LogP contribution in [0.1, 0.15) is 78.4 Å². The molecule has 0 spiro atoms. The number of carbonyl (C=O) groups is 1. The minimum absolute atomic E-state index is 0.121. The number of likely N-dealkylation sites (tertiary alicyclic amines) is 1. The van der Waals surface area contributed by atoms with Gasteiger partial charge in [-0.1, -0.05) is 30.3 Å². The first-order chi connectivity index (χ1) is 16.4. The summed E-state index contributed by atoms with van der Waals surface area (Å²) in [5, 5.41) is 11.9. The Hall–Kier alpha value is -3.07. The van der Waals surface area contributed by atoms with Crippen LogP contribution in [0, 0.1) is 19.7 Å². The van der Waals surface area contributed by atoms with Gasteiger partial charge in [0.15, 0.2) is 6.10 Å². The van der Waals surface area contributed by atoms with Gasteiger partial charge in [-0.05, 0) is 38.8 Å². The quantitative estimate of drug-likeness (QED) is 0.497. The number of halogens is 1. The van der Waals surface area contributed by atoms with Crippen molar-refractivity contribution in [2.24, 2.45) is 5.16 Å². The number of amides is 1. The van der Waals surface area contributed by atoms with Crippen molar-refractivity contribution in [3.63, 3.8) is 0 Å². The number of aromatic nitrogens is 3. The van der Waals surface area contributed by atoms with Crippen molar-refractivity contribution in [2.75, 3.05) is 6.54 Å². The first-order valence-corrected chi connectivity index (χ1v) is 12.6. The van der Waals surface area contributed by atoms with Crippen molar-refractivity contribution in [2.45, 2.75) is 64.6 Å². The number of aryl methyl sites for hydroxylation is 2. The molecule has 0 saturated carbocycles. The van der Waals surface area contributed by atoms with E-state index in [0.717, 1.165) is 40.6 Å². The van der Waals surface area contributed by atoms with Crippen LogP contribution in [0.15, 0.2) is 40.9 Å². The van der Waals surface area contributed by atoms with Crippen LogP contribution < -0.4 is 0 Å². The van der Waals surface area contributed by atoms with E-state index in [9.17, 15) is 9.18 Å². The van der Waals surface area contributed by atoms with Gasteiger partial charge in [-0.2, -0.15) is 5.10 Å². The van der Waals surface area contributed by atoms with Crippen LogP contribution in [-0.2, 0) is 9.63 Å². The molecule has 2 aliphatic heterocycles. The Morgan fingerprint density at radius 2 is 2.12 bits per heavy atom. The molecule has 34 heavy (non-hydrogen) atoms. The molecule has 1 saturated heterocycles. The molecule has 2 aromatic heterocycles. The van der Waals surface area contributed by atoms with Gasteiger partial charge in [0.25, 0.3) is 0 Å². The summed E-state index contributed by atoms with van der Waals surface area (Å²) in [6.45, 7) is 6.58. The highest BCUT2D eigenvalue weighted by atomic mass is 32.1. The van der Waals surface area contributed by atoms with Crippen molar-refractivity contribution in [1.29, 1.82) is 0 Å². The van der Waals surface area contributed by atoms with E-state index in [2.05, 4.69) is 10.3 Å². The lowest BCUT2D eigenvalue weighted by atomic mass is 9.94. The highest BCUT2D eigenvalue weighted by Gasteiger charge is 2.36. The van der Waals surface area contributed by atoms with Gasteiger partial charge in [-0.25, -0.2) is 14.1 Å². The minimum Gasteiger partial charge on any atom is -0.387 e. The first kappa shape index (κ1) is 22.7. The van der Waals surface area contributed by atoms with Crippen LogP contribution in [0.4, 0.5) is 4.39 Å². The Morgan fingerprint density at radius 1 is 1.29 bits per heavy atom. The highest BCUT2D eigenvalue weighted by Crippen LogP contribution is 2.39. The summed E-state index contributed by atoms with van der Waals surface area (Å²) in [6.07, 6.45) is 2.04. The molecule has 3 aromatic rings. The number of hydrogen-bond acceptors (Lipinski definition) is 6. The van der Waals surface area contributed by atoms with Crippen LogP contribution in [0.25, 0.3) is 0 Å². The average Bonchev–Trinajstić information content (AvgIpc) is 3.58. The predicted molar refractivity (Wildman–Crippen MR) is 128 cm³/mol. The Balaban J connectivity index is 1.33. The zero-order chi connectivity index (χ0) is 23.8. The van der Waals surface area contributed by atoms with Crippen LogP contribution in [0.2, 0.25) is 0 Å². The van der Waals surface area contributed by atoms with E-state index in [-0.39, 0.29) is 23.8 Å². The second kappa shape index (κ2) is 9.29. The smallest absolute Gasteiger partial charge is 0.223 e. The molecule has 7 nitrogen and oxygen atoms in total. The van der Waals surface area contributed by atoms with Gasteiger partial charge in [-0.3, -0.25) is 4.79 Å². The average molecular weight is 482 g/mol. The Kier molecular flexibility index (Phi) is 6.20. The number of piperidine rings is 1. The number of hydrogen-bond donors (Lipinski definition) is 0. The van der Waals surface area contributed by atoms with Crippen LogP contribution in [0.5, 0.6) is 0 Å². The molecule has 1 amide bonds. The van der Waals surface area contributed by atoms with E-state index in [1.54, 1.807) is 29.5 Å². The van der Waals surface area contributed by atoms with Crippen LogP contribution >= 0.6 is 11.3 Å². The van der Waals surface area contributed by atoms with Crippen molar-refractivity contribution in [1.82, 2.24) is 19.7 Å². The van der Waals surface area contributed by atoms with Gasteiger partial charge >= 0.3 is 0 Å². The van der Waals surface area contributed by atoms with E-state index in [1.165, 1.54) is 6.07 Å². The van der Waals surface area contributed by atoms with E-state index in [1.807, 2.05) is 41.8 Å². The molecule has 3 atom stereocenters. The van der Waals surface area contributed by atoms with E-state index >= 15 is 0 Å². The summed E-state index contributed by atoms with van der Waals surface area (Å²) in [5.74, 6) is 0.0813. The molecule has 0 bridgehead atoms. The Labute approximate surface area is 202 Å². The lowest BCUT2D eigenvalue weighted by Gasteiger charge is -2.39. The SMILES string of the molecule is CCC(=O)N1CCC(c2nc(C3=NOC(c4ccccc4F)C3)cs2)CC1n1nc(C)cc1C. The van der Waals surface area contributed by atoms with Gasteiger partial charge < -0.3 is 9.74 Å². The number of thiazole rings is 1. The maximum absolute atomic E-state index is 14.2. The molecule has 3 unspecified atom stereocenters. The monoisotopic (exact) mass is 481 g/mol. The third kappa shape index (κ3) is 4.24. The lowest BCUT2D eigenvalue weighted by molar-refractivity contribution is -0.137. The van der Waals surface area contributed by atoms with Gasteiger partial charge in [-0.15, -0.1) is 11.3 Å². The third-order valence-electron chi connectivity index (χ3n) is 6.61. The number of benzene rings is 1. The van der Waals surface area contributed by atoms with E-state index in [4.69, 9.17) is 9.82 Å². The van der Waals surface area contributed by atoms with Gasteiger partial charge in [0, 0.05) is 41.9 Å². The molecule has 0 aliphatic carbocycles. The van der Waals surface area contributed by atoms with Gasteiger partial charge in [0.05, 0.1) is 16.4 Å². The number of carbonyl (C=O) groups excluding carboxylic acids is 1. The molecule has 0 N–H and O–H groups in total. The first-order valence-electron chi connectivity index (χ1n) is 11.7. The Morgan fingerprint density at radius 3 is 2.85 bits per heavy atom. The second-order valence-electron chi connectivity index (χ2n) is 8.94. The standard InChI is InChI=1S/C25H28FN5O2S/c1-4-24(32)30-10-9-17(12-23(30)31-16(3)11-15(2)28-31)25-27-21(14-34-25)20-13-22(33-29-20)18-7-5-6-8-19(18)26/h5-8,11,14,17,22-23H,4,9-10,12-13H2,1-3H3. The molecule has 4 heterocycles. The maximum atomic E-state index is 14.2. The molecular formula is C25H28FN5O2S. The van der Waals surface area contributed by atoms with E-state index < -0.39 is 6.10 Å². The summed E-state index contributed by atoms with van der Waals surface area (Å²) < 4.78 is 16.1. The lowest BCUT2D eigenvalue weighted by Crippen LogP contribution is -2.43. The summed E-state index contributed by atoms with van der Waals surface area (Å²) in [6, 6.07) is 8.68. The molecular weight excluding hydrogens is 453 g/mol. The second-order valence-corrected chi connectivity index (χ2v) is 9.83. The van der Waals surface area contributed by atoms with Crippen molar-refractivity contribution >= 4 is 23.0 Å².